The van der Waals surface area contributed by atoms with E-state index >= 15 is 0 Å². The lowest BCUT2D eigenvalue weighted by molar-refractivity contribution is -0.141. The zero-order valence-corrected chi connectivity index (χ0v) is 27.3. The molecule has 2 fully saturated rings. The summed E-state index contributed by atoms with van der Waals surface area (Å²) in [6.45, 7) is 5.50. The summed E-state index contributed by atoms with van der Waals surface area (Å²) in [7, 11) is -1.91. The smallest absolute Gasteiger partial charge is 0.247 e. The summed E-state index contributed by atoms with van der Waals surface area (Å²) >= 11 is 0. The maximum atomic E-state index is 14.1. The molecule has 10 nitrogen and oxygen atoms in total. The number of carbonyl (C=O) groups excluding carboxylic acids is 2. The maximum absolute atomic E-state index is 14.1. The number of carbonyl (C=O) groups is 2. The average molecular weight is 649 g/mol. The molecule has 3 aromatic rings. The third kappa shape index (κ3) is 8.73. The van der Waals surface area contributed by atoms with Gasteiger partial charge in [-0.2, -0.15) is 4.31 Å². The van der Waals surface area contributed by atoms with Gasteiger partial charge in [0.25, 0.3) is 0 Å². The fourth-order valence-electron chi connectivity index (χ4n) is 5.92. The molecule has 0 saturated carbocycles. The van der Waals surface area contributed by atoms with E-state index in [0.29, 0.717) is 51.6 Å². The zero-order chi connectivity index (χ0) is 32.4. The molecule has 46 heavy (non-hydrogen) atoms. The molecule has 1 N–H and O–H groups in total. The maximum Gasteiger partial charge on any atom is 0.247 e. The van der Waals surface area contributed by atoms with Crippen LogP contribution in [0.5, 0.6) is 5.75 Å². The van der Waals surface area contributed by atoms with Crippen molar-refractivity contribution in [3.05, 3.63) is 95.6 Å². The Bertz CT molecular complexity index is 1520. The number of nitrogens with one attached hydrogen (secondary N) is 1. The van der Waals surface area contributed by atoms with Gasteiger partial charge in [0.2, 0.25) is 21.8 Å². The standard InChI is InChI=1S/C35H44N4O6S/c1-44-31-14-9-29(10-15-31)27-39(33(40)18-13-28-11-16-32(17-12-28)46(42,43)38-20-5-6-21-38)34(30-7-3-2-4-8-30)35(41)36-19-22-37-23-25-45-26-24-37/h2-4,7-12,14-17,34H,5-6,13,18-27H2,1H3,(H,36,41)/t34-/m0/s1. The zero-order valence-electron chi connectivity index (χ0n) is 26.5. The van der Waals surface area contributed by atoms with Gasteiger partial charge < -0.3 is 19.7 Å². The van der Waals surface area contributed by atoms with Gasteiger partial charge in [0, 0.05) is 52.2 Å². The molecule has 3 aromatic carbocycles. The summed E-state index contributed by atoms with van der Waals surface area (Å²) in [5.41, 5.74) is 2.45. The first kappa shape index (κ1) is 33.6. The van der Waals surface area contributed by atoms with Gasteiger partial charge in [0.15, 0.2) is 0 Å². The molecule has 2 aliphatic rings. The van der Waals surface area contributed by atoms with E-state index in [0.717, 1.165) is 42.6 Å². The van der Waals surface area contributed by atoms with Crippen LogP contribution in [0.2, 0.25) is 0 Å². The largest absolute Gasteiger partial charge is 0.497 e. The summed E-state index contributed by atoms with van der Waals surface area (Å²) in [6, 6.07) is 22.8. The Morgan fingerprint density at radius 2 is 1.54 bits per heavy atom. The molecule has 246 valence electrons. The third-order valence-corrected chi connectivity index (χ3v) is 10.5. The minimum absolute atomic E-state index is 0.152. The van der Waals surface area contributed by atoms with Crippen LogP contribution in [0.4, 0.5) is 0 Å². The third-order valence-electron chi connectivity index (χ3n) is 8.59. The number of benzene rings is 3. The first-order valence-corrected chi connectivity index (χ1v) is 17.4. The Morgan fingerprint density at radius 1 is 0.891 bits per heavy atom. The number of sulfonamides is 1. The molecule has 0 aliphatic carbocycles. The minimum Gasteiger partial charge on any atom is -0.497 e. The number of methoxy groups -OCH3 is 1. The monoisotopic (exact) mass is 648 g/mol. The number of nitrogens with zero attached hydrogens (tertiary/aromatic N) is 3. The van der Waals surface area contributed by atoms with Crippen LogP contribution in [0.15, 0.2) is 83.8 Å². The number of morpholine rings is 1. The second-order valence-electron chi connectivity index (χ2n) is 11.7. The Hall–Kier alpha value is -3.77. The van der Waals surface area contributed by atoms with Gasteiger partial charge in [-0.3, -0.25) is 14.5 Å². The van der Waals surface area contributed by atoms with E-state index in [4.69, 9.17) is 9.47 Å². The topological polar surface area (TPSA) is 108 Å². The van der Waals surface area contributed by atoms with Crippen molar-refractivity contribution in [2.75, 3.05) is 59.6 Å². The molecule has 11 heteroatoms. The van der Waals surface area contributed by atoms with E-state index in [9.17, 15) is 18.0 Å². The molecule has 0 bridgehead atoms. The molecule has 2 amide bonds. The van der Waals surface area contributed by atoms with Gasteiger partial charge in [-0.15, -0.1) is 0 Å². The van der Waals surface area contributed by atoms with Crippen LogP contribution in [0.1, 0.15) is 42.0 Å². The van der Waals surface area contributed by atoms with Crippen LogP contribution in [-0.2, 0) is 37.3 Å². The number of ether oxygens (including phenoxy) is 2. The first-order valence-electron chi connectivity index (χ1n) is 16.0. The van der Waals surface area contributed by atoms with Crippen LogP contribution in [0, 0.1) is 0 Å². The Labute approximate surface area is 272 Å². The van der Waals surface area contributed by atoms with E-state index in [1.807, 2.05) is 54.6 Å². The molecule has 2 saturated heterocycles. The lowest BCUT2D eigenvalue weighted by Crippen LogP contribution is -2.46. The van der Waals surface area contributed by atoms with Crippen molar-refractivity contribution in [1.29, 1.82) is 0 Å². The highest BCUT2D eigenvalue weighted by molar-refractivity contribution is 7.89. The van der Waals surface area contributed by atoms with E-state index in [1.54, 1.807) is 36.3 Å². The van der Waals surface area contributed by atoms with Gasteiger partial charge in [0.1, 0.15) is 11.8 Å². The summed E-state index contributed by atoms with van der Waals surface area (Å²) in [4.78, 5) is 32.2. The van der Waals surface area contributed by atoms with Crippen molar-refractivity contribution in [2.24, 2.45) is 0 Å². The van der Waals surface area contributed by atoms with Crippen LogP contribution in [0.25, 0.3) is 0 Å². The van der Waals surface area contributed by atoms with E-state index < -0.39 is 16.1 Å². The van der Waals surface area contributed by atoms with Crippen molar-refractivity contribution >= 4 is 21.8 Å². The normalized spacial score (nSPS) is 16.5. The summed E-state index contributed by atoms with van der Waals surface area (Å²) in [5.74, 6) is 0.289. The molecule has 0 radical (unpaired) electrons. The quantitative estimate of drug-likeness (QED) is 0.285. The summed E-state index contributed by atoms with van der Waals surface area (Å²) in [5, 5.41) is 3.09. The van der Waals surface area contributed by atoms with Crippen LogP contribution >= 0.6 is 0 Å². The second kappa shape index (κ2) is 16.2. The predicted molar refractivity (Wildman–Crippen MR) is 176 cm³/mol. The van der Waals surface area contributed by atoms with Crippen LogP contribution in [0.3, 0.4) is 0 Å². The van der Waals surface area contributed by atoms with Gasteiger partial charge in [-0.25, -0.2) is 8.42 Å². The number of amides is 2. The van der Waals surface area contributed by atoms with Crippen LogP contribution in [-0.4, -0.2) is 93.9 Å². The lowest BCUT2D eigenvalue weighted by Gasteiger charge is -2.32. The van der Waals surface area contributed by atoms with Gasteiger partial charge in [-0.1, -0.05) is 54.6 Å². The highest BCUT2D eigenvalue weighted by atomic mass is 32.2. The Morgan fingerprint density at radius 3 is 2.20 bits per heavy atom. The molecular formula is C35H44N4O6S. The van der Waals surface area contributed by atoms with E-state index in [1.165, 1.54) is 4.31 Å². The lowest BCUT2D eigenvalue weighted by atomic mass is 10.0. The predicted octanol–water partition coefficient (Wildman–Crippen LogP) is 3.63. The molecule has 2 aliphatic heterocycles. The van der Waals surface area contributed by atoms with Crippen molar-refractivity contribution in [3.63, 3.8) is 0 Å². The first-order chi connectivity index (χ1) is 22.3. The summed E-state index contributed by atoms with van der Waals surface area (Å²) in [6.07, 6.45) is 2.31. The number of aryl methyl sites for hydroxylation is 1. The molecule has 0 aromatic heterocycles. The highest BCUT2D eigenvalue weighted by Crippen LogP contribution is 2.27. The Kier molecular flexibility index (Phi) is 11.8. The fraction of sp³-hybridized carbons (Fsp3) is 0.429. The number of hydrogen-bond donors (Lipinski definition) is 1. The van der Waals surface area contributed by atoms with Crippen molar-refractivity contribution in [2.45, 2.75) is 43.2 Å². The molecule has 1 atom stereocenters. The van der Waals surface area contributed by atoms with Crippen molar-refractivity contribution in [3.8, 4) is 5.75 Å². The molecular weight excluding hydrogens is 604 g/mol. The second-order valence-corrected chi connectivity index (χ2v) is 13.6. The molecule has 5 rings (SSSR count). The number of hydrogen-bond acceptors (Lipinski definition) is 7. The van der Waals surface area contributed by atoms with Crippen molar-refractivity contribution in [1.82, 2.24) is 19.4 Å². The minimum atomic E-state index is -3.51. The highest BCUT2D eigenvalue weighted by Gasteiger charge is 2.32. The molecule has 0 spiro atoms. The Balaban J connectivity index is 1.34. The van der Waals surface area contributed by atoms with Gasteiger partial charge in [0.05, 0.1) is 25.2 Å². The van der Waals surface area contributed by atoms with E-state index in [2.05, 4.69) is 10.2 Å². The fourth-order valence-corrected chi connectivity index (χ4v) is 7.44. The molecule has 2 heterocycles. The SMILES string of the molecule is COc1ccc(CN(C(=O)CCc2ccc(S(=O)(=O)N3CCCC3)cc2)[C@H](C(=O)NCCN2CCOCC2)c2ccccc2)cc1. The molecule has 0 unspecified atom stereocenters. The van der Waals surface area contributed by atoms with E-state index in [-0.39, 0.29) is 29.7 Å². The van der Waals surface area contributed by atoms with Gasteiger partial charge in [-0.05, 0) is 60.2 Å². The van der Waals surface area contributed by atoms with Gasteiger partial charge >= 0.3 is 0 Å². The number of rotatable bonds is 14. The summed E-state index contributed by atoms with van der Waals surface area (Å²) < 4.78 is 38.2. The van der Waals surface area contributed by atoms with Crippen LogP contribution < -0.4 is 10.1 Å². The van der Waals surface area contributed by atoms with Crippen molar-refractivity contribution < 1.29 is 27.5 Å². The average Bonchev–Trinajstić information content (AvgIpc) is 3.65.